The van der Waals surface area contributed by atoms with E-state index in [0.29, 0.717) is 42.2 Å². The van der Waals surface area contributed by atoms with Crippen LogP contribution in [0.3, 0.4) is 0 Å². The van der Waals surface area contributed by atoms with Gasteiger partial charge in [-0.25, -0.2) is 14.2 Å². The lowest BCUT2D eigenvalue weighted by Gasteiger charge is -2.40. The Balaban J connectivity index is 1.29. The monoisotopic (exact) mass is 436 g/mol. The van der Waals surface area contributed by atoms with Gasteiger partial charge in [-0.3, -0.25) is 9.72 Å². The molecule has 1 aromatic carbocycles. The van der Waals surface area contributed by atoms with Crippen molar-refractivity contribution < 1.29 is 13.7 Å². The summed E-state index contributed by atoms with van der Waals surface area (Å²) in [5, 5.41) is 14.8. The van der Waals surface area contributed by atoms with Gasteiger partial charge in [-0.05, 0) is 26.0 Å². The number of hydrogen-bond donors (Lipinski definition) is 1. The summed E-state index contributed by atoms with van der Waals surface area (Å²) in [4.78, 5) is 21.2. The van der Waals surface area contributed by atoms with Crippen molar-refractivity contribution in [1.29, 1.82) is 0 Å². The van der Waals surface area contributed by atoms with E-state index in [4.69, 9.17) is 4.52 Å². The van der Waals surface area contributed by atoms with E-state index < -0.39 is 5.82 Å². The predicted octanol–water partition coefficient (Wildman–Crippen LogP) is 2.97. The highest BCUT2D eigenvalue weighted by atomic mass is 19.1. The highest BCUT2D eigenvalue weighted by molar-refractivity contribution is 5.90. The molecule has 3 aromatic heterocycles. The van der Waals surface area contributed by atoms with E-state index in [1.165, 1.54) is 6.07 Å². The van der Waals surface area contributed by atoms with Crippen LogP contribution in [0, 0.1) is 12.7 Å². The van der Waals surface area contributed by atoms with Crippen LogP contribution in [0.5, 0.6) is 0 Å². The Morgan fingerprint density at radius 3 is 2.94 bits per heavy atom. The van der Waals surface area contributed by atoms with Gasteiger partial charge in [0.25, 0.3) is 0 Å². The zero-order chi connectivity index (χ0) is 22.2. The van der Waals surface area contributed by atoms with Crippen molar-refractivity contribution in [3.63, 3.8) is 0 Å². The first-order chi connectivity index (χ1) is 15.5. The molecule has 32 heavy (non-hydrogen) atoms. The highest BCUT2D eigenvalue weighted by Crippen LogP contribution is 2.30. The molecule has 4 aromatic rings. The molecule has 2 amide bonds. The van der Waals surface area contributed by atoms with Gasteiger partial charge in [0.2, 0.25) is 5.65 Å². The minimum Gasteiger partial charge on any atom is -0.354 e. The number of benzene rings is 1. The van der Waals surface area contributed by atoms with Crippen molar-refractivity contribution in [2.45, 2.75) is 19.9 Å². The number of aromatic nitrogens is 5. The zero-order valence-electron chi connectivity index (χ0n) is 17.6. The van der Waals surface area contributed by atoms with E-state index in [1.807, 2.05) is 11.3 Å². The molecule has 0 bridgehead atoms. The van der Waals surface area contributed by atoms with Gasteiger partial charge in [0, 0.05) is 43.6 Å². The molecule has 1 aliphatic heterocycles. The number of fused-ring (bicyclic) bond motifs is 1. The van der Waals surface area contributed by atoms with Crippen LogP contribution >= 0.6 is 0 Å². The summed E-state index contributed by atoms with van der Waals surface area (Å²) < 4.78 is 21.3. The Bertz CT molecular complexity index is 1290. The number of urea groups is 1. The van der Waals surface area contributed by atoms with Gasteiger partial charge in [0.1, 0.15) is 12.1 Å². The molecule has 11 heteroatoms. The molecule has 1 saturated heterocycles. The molecule has 1 unspecified atom stereocenters. The Morgan fingerprint density at radius 1 is 1.28 bits per heavy atom. The minimum atomic E-state index is -0.411. The van der Waals surface area contributed by atoms with Crippen LogP contribution in [0.4, 0.5) is 20.8 Å². The number of piperazine rings is 1. The highest BCUT2D eigenvalue weighted by Gasteiger charge is 2.30. The molecule has 164 valence electrons. The lowest BCUT2D eigenvalue weighted by molar-refractivity contribution is 0.199. The molecule has 1 aliphatic rings. The minimum absolute atomic E-state index is 0.0114. The molecule has 0 aliphatic carbocycles. The maximum absolute atomic E-state index is 14.1. The van der Waals surface area contributed by atoms with Crippen molar-refractivity contribution in [3.8, 4) is 11.3 Å². The molecule has 4 heterocycles. The quantitative estimate of drug-likeness (QED) is 0.526. The van der Waals surface area contributed by atoms with Crippen LogP contribution in [-0.4, -0.2) is 61.3 Å². The second-order valence-corrected chi connectivity index (χ2v) is 7.70. The summed E-state index contributed by atoms with van der Waals surface area (Å²) in [7, 11) is 0. The largest absolute Gasteiger partial charge is 0.354 e. The number of carbonyl (C=O) groups excluding carboxylic acids is 1. The molecule has 0 radical (unpaired) electrons. The van der Waals surface area contributed by atoms with E-state index in [-0.39, 0.29) is 17.9 Å². The molecular weight excluding hydrogens is 415 g/mol. The average Bonchev–Trinajstić information content (AvgIpc) is 3.41. The fourth-order valence-corrected chi connectivity index (χ4v) is 3.93. The average molecular weight is 436 g/mol. The lowest BCUT2D eigenvalue weighted by Crippen LogP contribution is -2.55. The van der Waals surface area contributed by atoms with Gasteiger partial charge in [-0.1, -0.05) is 17.3 Å². The molecule has 5 rings (SSSR count). The summed E-state index contributed by atoms with van der Waals surface area (Å²) in [5.74, 6) is 0.896. The number of rotatable bonds is 3. The first-order valence-corrected chi connectivity index (χ1v) is 10.2. The molecule has 1 fully saturated rings. The van der Waals surface area contributed by atoms with Crippen molar-refractivity contribution in [3.05, 3.63) is 54.4 Å². The number of halogens is 1. The second-order valence-electron chi connectivity index (χ2n) is 7.70. The van der Waals surface area contributed by atoms with Gasteiger partial charge in [-0.15, -0.1) is 10.2 Å². The summed E-state index contributed by atoms with van der Waals surface area (Å²) in [6, 6.07) is 6.01. The number of nitrogens with one attached hydrogen (secondary N) is 1. The molecule has 1 N–H and O–H groups in total. The third kappa shape index (κ3) is 3.41. The van der Waals surface area contributed by atoms with Gasteiger partial charge in [0.05, 0.1) is 5.56 Å². The van der Waals surface area contributed by atoms with Gasteiger partial charge >= 0.3 is 6.03 Å². The van der Waals surface area contributed by atoms with Gasteiger partial charge in [-0.2, -0.15) is 0 Å². The van der Waals surface area contributed by atoms with E-state index in [1.54, 1.807) is 48.7 Å². The van der Waals surface area contributed by atoms with Gasteiger partial charge in [0.15, 0.2) is 17.4 Å². The van der Waals surface area contributed by atoms with E-state index in [0.717, 1.165) is 5.82 Å². The van der Waals surface area contributed by atoms with E-state index in [2.05, 4.69) is 30.6 Å². The third-order valence-electron chi connectivity index (χ3n) is 5.65. The normalized spacial score (nSPS) is 16.5. The summed E-state index contributed by atoms with van der Waals surface area (Å²) in [6.07, 6.45) is 5.13. The molecule has 10 nitrogen and oxygen atoms in total. The number of amides is 2. The Kier molecular flexibility index (Phi) is 4.92. The van der Waals surface area contributed by atoms with Crippen molar-refractivity contribution in [1.82, 2.24) is 29.6 Å². The smallest absolute Gasteiger partial charge is 0.323 e. The maximum Gasteiger partial charge on any atom is 0.323 e. The lowest BCUT2D eigenvalue weighted by atomic mass is 10.1. The van der Waals surface area contributed by atoms with Crippen molar-refractivity contribution >= 4 is 23.3 Å². The zero-order valence-corrected chi connectivity index (χ0v) is 17.6. The molecule has 0 saturated carbocycles. The SMILES string of the molecule is Cc1c(NC(=O)N2CCN(c3nccn4cnnc34)C(C)C2)noc1-c1ccccc1F. The number of carbonyl (C=O) groups is 1. The third-order valence-corrected chi connectivity index (χ3v) is 5.65. The maximum atomic E-state index is 14.1. The van der Waals surface area contributed by atoms with Gasteiger partial charge < -0.3 is 14.3 Å². The first-order valence-electron chi connectivity index (χ1n) is 10.2. The fraction of sp³-hybridized carbons (Fsp3) is 0.286. The molecular formula is C21H21FN8O2. The molecule has 0 spiro atoms. The Morgan fingerprint density at radius 2 is 2.12 bits per heavy atom. The van der Waals surface area contributed by atoms with Crippen LogP contribution in [0.25, 0.3) is 17.0 Å². The first kappa shape index (κ1) is 19.9. The van der Waals surface area contributed by atoms with E-state index >= 15 is 0 Å². The summed E-state index contributed by atoms with van der Waals surface area (Å²) in [5.41, 5.74) is 1.55. The standard InChI is InChI=1S/C21H21FN8O2/c1-13-11-28(9-10-30(13)19-20-26-24-12-29(20)8-7-23-19)21(31)25-18-14(2)17(32-27-18)15-5-3-4-6-16(15)22/h3-8,12-13H,9-11H2,1-2H3,(H,25,27,31). The van der Waals surface area contributed by atoms with E-state index in [9.17, 15) is 9.18 Å². The van der Waals surface area contributed by atoms with Crippen LogP contribution < -0.4 is 10.2 Å². The molecule has 1 atom stereocenters. The van der Waals surface area contributed by atoms with Crippen LogP contribution in [0.15, 0.2) is 47.5 Å². The predicted molar refractivity (Wildman–Crippen MR) is 115 cm³/mol. The number of nitrogens with zero attached hydrogens (tertiary/aromatic N) is 7. The van der Waals surface area contributed by atoms with Crippen LogP contribution in [0.2, 0.25) is 0 Å². The second kappa shape index (κ2) is 7.91. The van der Waals surface area contributed by atoms with Crippen molar-refractivity contribution in [2.75, 3.05) is 29.9 Å². The number of hydrogen-bond acceptors (Lipinski definition) is 7. The fourth-order valence-electron chi connectivity index (χ4n) is 3.93. The topological polar surface area (TPSA) is 105 Å². The Labute approximate surface area is 182 Å². The van der Waals surface area contributed by atoms with Crippen molar-refractivity contribution in [2.24, 2.45) is 0 Å². The summed E-state index contributed by atoms with van der Waals surface area (Å²) >= 11 is 0. The summed E-state index contributed by atoms with van der Waals surface area (Å²) in [6.45, 7) is 5.33. The van der Waals surface area contributed by atoms with Crippen LogP contribution in [0.1, 0.15) is 12.5 Å². The Hall–Kier alpha value is -4.02. The van der Waals surface area contributed by atoms with Crippen LogP contribution in [-0.2, 0) is 0 Å². The number of anilines is 2.